The van der Waals surface area contributed by atoms with Crippen LogP contribution in [0.4, 0.5) is 0 Å². The van der Waals surface area contributed by atoms with Crippen LogP contribution in [0, 0.1) is 0 Å². The van der Waals surface area contributed by atoms with Gasteiger partial charge in [0.15, 0.2) is 5.78 Å². The Morgan fingerprint density at radius 2 is 1.98 bits per heavy atom. The number of hydrogen-bond donors (Lipinski definition) is 2. The second-order valence-electron chi connectivity index (χ2n) is 10.2. The number of fused-ring (bicyclic) bond motifs is 1. The van der Waals surface area contributed by atoms with E-state index in [0.717, 1.165) is 45.7 Å². The number of hydrogen-bond acceptors (Lipinski definition) is 6. The van der Waals surface area contributed by atoms with Gasteiger partial charge in [0.25, 0.3) is 5.91 Å². The molecule has 2 atom stereocenters. The molecule has 4 aromatic rings. The predicted octanol–water partition coefficient (Wildman–Crippen LogP) is 6.02. The van der Waals surface area contributed by atoms with Crippen molar-refractivity contribution >= 4 is 23.5 Å². The third-order valence-electron chi connectivity index (χ3n) is 7.42. The molecule has 0 saturated carbocycles. The maximum atomic E-state index is 12.8. The van der Waals surface area contributed by atoms with Crippen LogP contribution < -0.4 is 10.1 Å². The Morgan fingerprint density at radius 3 is 2.73 bits per heavy atom. The van der Waals surface area contributed by atoms with E-state index in [9.17, 15) is 14.7 Å². The first-order valence-corrected chi connectivity index (χ1v) is 15.0. The molecular formula is C33H35N3O4S. The molecule has 1 heterocycles. The maximum absolute atomic E-state index is 12.8. The van der Waals surface area contributed by atoms with E-state index < -0.39 is 0 Å². The van der Waals surface area contributed by atoms with E-state index in [0.29, 0.717) is 30.7 Å². The van der Waals surface area contributed by atoms with Gasteiger partial charge in [0, 0.05) is 46.2 Å². The van der Waals surface area contributed by atoms with Crippen LogP contribution in [0.3, 0.4) is 0 Å². The Bertz CT molecular complexity index is 1470. The highest BCUT2D eigenvalue weighted by molar-refractivity contribution is 7.98. The number of aliphatic hydroxyl groups excluding tert-OH is 1. The number of carbonyl (C=O) groups is 2. The van der Waals surface area contributed by atoms with Crippen molar-refractivity contribution in [3.8, 4) is 5.75 Å². The average molecular weight is 570 g/mol. The van der Waals surface area contributed by atoms with Gasteiger partial charge in [-0.25, -0.2) is 4.98 Å². The summed E-state index contributed by atoms with van der Waals surface area (Å²) in [5, 5.41) is 12.4. The molecule has 8 heteroatoms. The monoisotopic (exact) mass is 569 g/mol. The zero-order valence-electron chi connectivity index (χ0n) is 23.2. The molecule has 5 rings (SSSR count). The second-order valence-corrected chi connectivity index (χ2v) is 11.2. The molecule has 0 unspecified atom stereocenters. The zero-order valence-corrected chi connectivity index (χ0v) is 24.0. The van der Waals surface area contributed by atoms with Gasteiger partial charge >= 0.3 is 0 Å². The number of benzene rings is 3. The van der Waals surface area contributed by atoms with E-state index in [4.69, 9.17) is 4.74 Å². The molecule has 1 aliphatic carbocycles. The summed E-state index contributed by atoms with van der Waals surface area (Å²) in [5.74, 6) is 1.33. The number of Topliss-reactive ketones (excluding diaryl/α,β-unsaturated/α-hetero) is 1. The van der Waals surface area contributed by atoms with Crippen LogP contribution in [0.25, 0.3) is 0 Å². The largest absolute Gasteiger partial charge is 0.484 e. The molecular weight excluding hydrogens is 534 g/mol. The van der Waals surface area contributed by atoms with Crippen molar-refractivity contribution < 1.29 is 19.4 Å². The van der Waals surface area contributed by atoms with E-state index in [-0.39, 0.29) is 30.4 Å². The van der Waals surface area contributed by atoms with Crippen molar-refractivity contribution in [1.29, 1.82) is 0 Å². The van der Waals surface area contributed by atoms with Gasteiger partial charge in [-0.05, 0) is 60.7 Å². The van der Waals surface area contributed by atoms with E-state index in [1.54, 1.807) is 30.4 Å². The Morgan fingerprint density at radius 1 is 1.12 bits per heavy atom. The number of thioether (sulfide) groups is 1. The molecule has 0 saturated heterocycles. The summed E-state index contributed by atoms with van der Waals surface area (Å²) in [6, 6.07) is 21.2. The average Bonchev–Trinajstić information content (AvgIpc) is 3.52. The van der Waals surface area contributed by atoms with Gasteiger partial charge in [-0.1, -0.05) is 43.3 Å². The molecule has 0 fully saturated rings. The number of rotatable bonds is 12. The highest BCUT2D eigenvalue weighted by Gasteiger charge is 2.25. The number of aliphatic hydroxyl groups is 1. The van der Waals surface area contributed by atoms with Gasteiger partial charge in [-0.15, -0.1) is 11.8 Å². The van der Waals surface area contributed by atoms with Crippen LogP contribution in [0.1, 0.15) is 69.7 Å². The van der Waals surface area contributed by atoms with Crippen molar-refractivity contribution in [2.75, 3.05) is 6.61 Å². The molecule has 3 aromatic carbocycles. The van der Waals surface area contributed by atoms with Crippen molar-refractivity contribution in [2.45, 2.75) is 61.9 Å². The van der Waals surface area contributed by atoms with Gasteiger partial charge in [-0.2, -0.15) is 0 Å². The molecule has 0 radical (unpaired) electrons. The molecule has 41 heavy (non-hydrogen) atoms. The van der Waals surface area contributed by atoms with Crippen LogP contribution in [-0.4, -0.2) is 39.0 Å². The fraction of sp³-hybridized carbons (Fsp3) is 0.303. The Balaban J connectivity index is 1.43. The van der Waals surface area contributed by atoms with Crippen LogP contribution >= 0.6 is 11.8 Å². The summed E-state index contributed by atoms with van der Waals surface area (Å²) >= 11 is 1.62. The lowest BCUT2D eigenvalue weighted by atomic mass is 9.87. The first kappa shape index (κ1) is 28.6. The van der Waals surface area contributed by atoms with Crippen molar-refractivity contribution in [2.24, 2.45) is 0 Å². The lowest BCUT2D eigenvalue weighted by Crippen LogP contribution is -2.36. The van der Waals surface area contributed by atoms with Gasteiger partial charge in [0.05, 0.1) is 25.5 Å². The molecule has 212 valence electrons. The highest BCUT2D eigenvalue weighted by atomic mass is 32.2. The number of imidazole rings is 1. The number of aromatic nitrogens is 2. The van der Waals surface area contributed by atoms with E-state index in [1.807, 2.05) is 66.2 Å². The molecule has 1 aliphatic rings. The van der Waals surface area contributed by atoms with Crippen molar-refractivity contribution in [3.63, 3.8) is 0 Å². The summed E-state index contributed by atoms with van der Waals surface area (Å²) in [7, 11) is 0. The number of amides is 1. The van der Waals surface area contributed by atoms with Crippen LogP contribution in [0.2, 0.25) is 0 Å². The van der Waals surface area contributed by atoms with Crippen molar-refractivity contribution in [1.82, 2.24) is 14.9 Å². The van der Waals surface area contributed by atoms with E-state index >= 15 is 0 Å². The number of carbonyl (C=O) groups excluding carboxylic acids is 2. The molecule has 0 bridgehead atoms. The highest BCUT2D eigenvalue weighted by Crippen LogP contribution is 2.38. The second kappa shape index (κ2) is 13.7. The molecule has 0 spiro atoms. The summed E-state index contributed by atoms with van der Waals surface area (Å²) in [5.41, 5.74) is 4.47. The minimum Gasteiger partial charge on any atom is -0.484 e. The summed E-state index contributed by atoms with van der Waals surface area (Å²) in [6.45, 7) is 2.43. The Kier molecular flexibility index (Phi) is 9.54. The number of nitrogens with one attached hydrogen (secondary N) is 1. The Hall–Kier alpha value is -3.88. The van der Waals surface area contributed by atoms with E-state index in [2.05, 4.69) is 22.4 Å². The fourth-order valence-electron chi connectivity index (χ4n) is 5.09. The van der Waals surface area contributed by atoms with Gasteiger partial charge in [0.1, 0.15) is 11.9 Å². The third-order valence-corrected chi connectivity index (χ3v) is 8.44. The number of nitrogens with zero attached hydrogens (tertiary/aromatic N) is 2. The van der Waals surface area contributed by atoms with E-state index in [1.165, 1.54) is 0 Å². The first-order valence-electron chi connectivity index (χ1n) is 14.1. The number of ether oxygens (including phenoxy) is 1. The summed E-state index contributed by atoms with van der Waals surface area (Å²) in [4.78, 5) is 30.7. The molecule has 7 nitrogen and oxygen atoms in total. The predicted molar refractivity (Wildman–Crippen MR) is 160 cm³/mol. The lowest BCUT2D eigenvalue weighted by molar-refractivity contribution is 0.0913. The number of ketones is 1. The minimum absolute atomic E-state index is 0.0951. The van der Waals surface area contributed by atoms with Crippen LogP contribution in [0.15, 0.2) is 90.3 Å². The molecule has 0 aliphatic heterocycles. The van der Waals surface area contributed by atoms with Gasteiger partial charge < -0.3 is 19.7 Å². The van der Waals surface area contributed by atoms with Crippen molar-refractivity contribution in [3.05, 3.63) is 113 Å². The standard InChI is InChI=1S/C33H35N3O4S/c1-2-25(20-37)35-33(39)24-10-6-11-26(18-24)41-21-29-27-12-7-13-30(38)28(27)14-15-31(29)40-32(19-36-17-16-34-22-36)23-8-4-3-5-9-23/h3-6,8-11,14-18,22,25,32,37H,2,7,12-13,19-21H2,1H3,(H,35,39)/t25-,32-/m1/s1. The summed E-state index contributed by atoms with van der Waals surface area (Å²) in [6.07, 6.45) is 8.09. The Labute approximate surface area is 245 Å². The van der Waals surface area contributed by atoms with Crippen LogP contribution in [-0.2, 0) is 18.7 Å². The minimum atomic E-state index is -0.272. The fourth-order valence-corrected chi connectivity index (χ4v) is 6.11. The maximum Gasteiger partial charge on any atom is 0.251 e. The molecule has 1 aromatic heterocycles. The molecule has 2 N–H and O–H groups in total. The topological polar surface area (TPSA) is 93.4 Å². The lowest BCUT2D eigenvalue weighted by Gasteiger charge is -2.25. The SMILES string of the molecule is CC[C@H](CO)NC(=O)c1cccc(SCc2c(O[C@H](Cn3ccnc3)c3ccccc3)ccc3c2CCCC3=O)c1. The smallest absolute Gasteiger partial charge is 0.251 e. The first-order chi connectivity index (χ1) is 20.1. The third kappa shape index (κ3) is 7.07. The quantitative estimate of drug-likeness (QED) is 0.203. The van der Waals surface area contributed by atoms with Crippen LogP contribution in [0.5, 0.6) is 5.75 Å². The van der Waals surface area contributed by atoms with Gasteiger partial charge in [0.2, 0.25) is 0 Å². The van der Waals surface area contributed by atoms with Gasteiger partial charge in [-0.3, -0.25) is 9.59 Å². The normalized spacial score (nSPS) is 14.2. The molecule has 1 amide bonds. The zero-order chi connectivity index (χ0) is 28.6. The summed E-state index contributed by atoms with van der Waals surface area (Å²) < 4.78 is 8.77.